The fraction of sp³-hybridized carbons (Fsp3) is 0.722. The number of furan rings is 1. The van der Waals surface area contributed by atoms with Crippen LogP contribution < -0.4 is 0 Å². The van der Waals surface area contributed by atoms with Gasteiger partial charge in [0.25, 0.3) is 5.91 Å². The highest BCUT2D eigenvalue weighted by atomic mass is 16.5. The Morgan fingerprint density at radius 3 is 2.74 bits per heavy atom. The summed E-state index contributed by atoms with van der Waals surface area (Å²) in [6.07, 6.45) is 2.87. The summed E-state index contributed by atoms with van der Waals surface area (Å²) in [5.41, 5.74) is 0.707. The Morgan fingerprint density at radius 2 is 2.04 bits per heavy atom. The third-order valence-electron chi connectivity index (χ3n) is 5.69. The zero-order valence-corrected chi connectivity index (χ0v) is 14.1. The Morgan fingerprint density at radius 1 is 1.26 bits per heavy atom. The minimum Gasteiger partial charge on any atom is -0.466 e. The van der Waals surface area contributed by atoms with Crippen LogP contribution in [0, 0.1) is 25.7 Å². The van der Waals surface area contributed by atoms with E-state index in [9.17, 15) is 4.79 Å². The molecule has 1 amide bonds. The van der Waals surface area contributed by atoms with Gasteiger partial charge in [0, 0.05) is 31.5 Å². The predicted octanol–water partition coefficient (Wildman–Crippen LogP) is 2.08. The van der Waals surface area contributed by atoms with E-state index < -0.39 is 0 Å². The summed E-state index contributed by atoms with van der Waals surface area (Å²) in [6.45, 7) is 9.75. The number of carbonyl (C=O) groups excluding carboxylic acids is 1. The first-order valence-corrected chi connectivity index (χ1v) is 8.82. The second kappa shape index (κ2) is 5.95. The zero-order chi connectivity index (χ0) is 16.0. The lowest BCUT2D eigenvalue weighted by molar-refractivity contribution is 0.0667. The van der Waals surface area contributed by atoms with Gasteiger partial charge < -0.3 is 19.0 Å². The van der Waals surface area contributed by atoms with E-state index in [0.717, 1.165) is 37.8 Å². The van der Waals surface area contributed by atoms with Crippen LogP contribution >= 0.6 is 0 Å². The zero-order valence-electron chi connectivity index (χ0n) is 14.1. The van der Waals surface area contributed by atoms with E-state index >= 15 is 0 Å². The Labute approximate surface area is 137 Å². The maximum atomic E-state index is 12.8. The molecule has 3 fully saturated rings. The first-order chi connectivity index (χ1) is 11.1. The normalized spacial score (nSPS) is 31.0. The van der Waals surface area contributed by atoms with Crippen molar-refractivity contribution in [2.24, 2.45) is 11.8 Å². The van der Waals surface area contributed by atoms with Crippen molar-refractivity contribution in [3.05, 3.63) is 23.2 Å². The van der Waals surface area contributed by atoms with Crippen LogP contribution in [0.25, 0.3) is 0 Å². The minimum absolute atomic E-state index is 0.0947. The lowest BCUT2D eigenvalue weighted by atomic mass is 9.93. The van der Waals surface area contributed by atoms with Crippen LogP contribution in [-0.4, -0.2) is 61.1 Å². The molecule has 0 spiro atoms. The number of hydrogen-bond acceptors (Lipinski definition) is 4. The molecule has 0 N–H and O–H groups in total. The molecule has 5 heteroatoms. The first kappa shape index (κ1) is 15.2. The second-order valence-electron chi connectivity index (χ2n) is 7.34. The largest absolute Gasteiger partial charge is 0.466 e. The van der Waals surface area contributed by atoms with E-state index in [1.807, 2.05) is 24.8 Å². The molecular formula is C18H26N2O3. The first-order valence-electron chi connectivity index (χ1n) is 8.82. The van der Waals surface area contributed by atoms with Gasteiger partial charge in [-0.2, -0.15) is 0 Å². The number of fused-ring (bicyclic) bond motifs is 1. The van der Waals surface area contributed by atoms with Crippen molar-refractivity contribution in [2.45, 2.75) is 32.8 Å². The number of likely N-dealkylation sites (tertiary alicyclic amines) is 2. The summed E-state index contributed by atoms with van der Waals surface area (Å²) in [6, 6.07) is 1.86. The highest BCUT2D eigenvalue weighted by Gasteiger charge is 2.46. The fourth-order valence-corrected chi connectivity index (χ4v) is 4.46. The molecule has 3 aliphatic rings. The van der Waals surface area contributed by atoms with Gasteiger partial charge in [-0.15, -0.1) is 0 Å². The smallest absolute Gasteiger partial charge is 0.257 e. The van der Waals surface area contributed by atoms with E-state index in [4.69, 9.17) is 9.15 Å². The van der Waals surface area contributed by atoms with Gasteiger partial charge in [-0.3, -0.25) is 4.79 Å². The molecule has 3 aliphatic heterocycles. The molecule has 4 rings (SSSR count). The molecule has 1 aromatic heterocycles. The summed E-state index contributed by atoms with van der Waals surface area (Å²) in [5.74, 6) is 2.68. The van der Waals surface area contributed by atoms with Crippen molar-refractivity contribution in [3.63, 3.8) is 0 Å². The summed E-state index contributed by atoms with van der Waals surface area (Å²) in [7, 11) is 0. The van der Waals surface area contributed by atoms with E-state index in [1.165, 1.54) is 25.9 Å². The molecule has 0 unspecified atom stereocenters. The Kier molecular flexibility index (Phi) is 3.93. The summed E-state index contributed by atoms with van der Waals surface area (Å²) in [4.78, 5) is 17.3. The van der Waals surface area contributed by atoms with E-state index in [2.05, 4.69) is 4.90 Å². The molecule has 3 atom stereocenters. The van der Waals surface area contributed by atoms with Gasteiger partial charge in [0.05, 0.1) is 18.3 Å². The second-order valence-corrected chi connectivity index (χ2v) is 7.34. The average molecular weight is 318 g/mol. The van der Waals surface area contributed by atoms with Crippen LogP contribution in [0.3, 0.4) is 0 Å². The molecule has 0 radical (unpaired) electrons. The molecule has 5 nitrogen and oxygen atoms in total. The number of ether oxygens (including phenoxy) is 1. The molecule has 0 bridgehead atoms. The van der Waals surface area contributed by atoms with Crippen LogP contribution in [0.5, 0.6) is 0 Å². The summed E-state index contributed by atoms with van der Waals surface area (Å²) >= 11 is 0. The van der Waals surface area contributed by atoms with Gasteiger partial charge in [0.1, 0.15) is 11.5 Å². The number of rotatable bonds is 3. The SMILES string of the molecule is Cc1cc(C(=O)N2C[C@H]3[C@H](CN4CCCC4)CO[C@H]3C2)c(C)o1. The number of hydrogen-bond donors (Lipinski definition) is 0. The van der Waals surface area contributed by atoms with Crippen molar-refractivity contribution in [1.29, 1.82) is 0 Å². The monoisotopic (exact) mass is 318 g/mol. The Bertz CT molecular complexity index is 591. The van der Waals surface area contributed by atoms with Gasteiger partial charge >= 0.3 is 0 Å². The number of carbonyl (C=O) groups is 1. The summed E-state index contributed by atoms with van der Waals surface area (Å²) in [5, 5.41) is 0. The molecular weight excluding hydrogens is 292 g/mol. The van der Waals surface area contributed by atoms with Crippen LogP contribution in [-0.2, 0) is 4.74 Å². The van der Waals surface area contributed by atoms with Crippen molar-refractivity contribution < 1.29 is 13.9 Å². The van der Waals surface area contributed by atoms with Crippen molar-refractivity contribution >= 4 is 5.91 Å². The Hall–Kier alpha value is -1.33. The van der Waals surface area contributed by atoms with Crippen LogP contribution in [0.15, 0.2) is 10.5 Å². The lowest BCUT2D eigenvalue weighted by Crippen LogP contribution is -2.34. The third-order valence-corrected chi connectivity index (χ3v) is 5.69. The number of aryl methyl sites for hydroxylation is 2. The van der Waals surface area contributed by atoms with Crippen LogP contribution in [0.2, 0.25) is 0 Å². The standard InChI is InChI=1S/C18H26N2O3/c1-12-7-15(13(2)23-12)18(21)20-9-16-14(11-22-17(16)10-20)8-19-5-3-4-6-19/h7,14,16-17H,3-6,8-11H2,1-2H3/t14-,16+,17+/m1/s1. The lowest BCUT2D eigenvalue weighted by Gasteiger charge is -2.24. The third kappa shape index (κ3) is 2.81. The van der Waals surface area contributed by atoms with Gasteiger partial charge in [-0.25, -0.2) is 0 Å². The highest BCUT2D eigenvalue weighted by molar-refractivity contribution is 5.95. The van der Waals surface area contributed by atoms with Crippen LogP contribution in [0.4, 0.5) is 0 Å². The molecule has 126 valence electrons. The fourth-order valence-electron chi connectivity index (χ4n) is 4.46. The minimum atomic E-state index is 0.0947. The van der Waals surface area contributed by atoms with Gasteiger partial charge in [-0.1, -0.05) is 0 Å². The maximum Gasteiger partial charge on any atom is 0.257 e. The van der Waals surface area contributed by atoms with E-state index in [-0.39, 0.29) is 12.0 Å². The quantitative estimate of drug-likeness (QED) is 0.856. The van der Waals surface area contributed by atoms with Crippen molar-refractivity contribution in [1.82, 2.24) is 9.80 Å². The molecule has 0 aliphatic carbocycles. The van der Waals surface area contributed by atoms with Gasteiger partial charge in [-0.05, 0) is 45.8 Å². The van der Waals surface area contributed by atoms with Crippen molar-refractivity contribution in [3.8, 4) is 0 Å². The molecule has 3 saturated heterocycles. The number of nitrogens with zero attached hydrogens (tertiary/aromatic N) is 2. The topological polar surface area (TPSA) is 45.9 Å². The molecule has 4 heterocycles. The van der Waals surface area contributed by atoms with Gasteiger partial charge in [0.2, 0.25) is 0 Å². The van der Waals surface area contributed by atoms with Crippen molar-refractivity contribution in [2.75, 3.05) is 39.3 Å². The maximum absolute atomic E-state index is 12.8. The predicted molar refractivity (Wildman–Crippen MR) is 86.5 cm³/mol. The number of amides is 1. The molecule has 23 heavy (non-hydrogen) atoms. The Balaban J connectivity index is 1.42. The highest BCUT2D eigenvalue weighted by Crippen LogP contribution is 2.35. The van der Waals surface area contributed by atoms with E-state index in [1.54, 1.807) is 0 Å². The average Bonchev–Trinajstić information content (AvgIpc) is 3.25. The van der Waals surface area contributed by atoms with Gasteiger partial charge in [0.15, 0.2) is 0 Å². The van der Waals surface area contributed by atoms with Crippen LogP contribution in [0.1, 0.15) is 34.7 Å². The summed E-state index contributed by atoms with van der Waals surface area (Å²) < 4.78 is 11.5. The van der Waals surface area contributed by atoms with E-state index in [0.29, 0.717) is 17.4 Å². The molecule has 0 saturated carbocycles. The molecule has 1 aromatic rings. The molecule has 0 aromatic carbocycles.